The highest BCUT2D eigenvalue weighted by Crippen LogP contribution is 2.14. The highest BCUT2D eigenvalue weighted by Gasteiger charge is 2.23. The van der Waals surface area contributed by atoms with Gasteiger partial charge in [0.15, 0.2) is 0 Å². The van der Waals surface area contributed by atoms with Crippen LogP contribution in [-0.2, 0) is 11.3 Å². The molecule has 1 unspecified atom stereocenters. The summed E-state index contributed by atoms with van der Waals surface area (Å²) in [5, 5.41) is 0. The van der Waals surface area contributed by atoms with Crippen molar-refractivity contribution in [1.82, 2.24) is 9.88 Å². The van der Waals surface area contributed by atoms with Crippen molar-refractivity contribution in [2.75, 3.05) is 13.1 Å². The van der Waals surface area contributed by atoms with Crippen LogP contribution in [0.3, 0.4) is 0 Å². The van der Waals surface area contributed by atoms with Gasteiger partial charge in [-0.2, -0.15) is 0 Å². The van der Waals surface area contributed by atoms with Crippen LogP contribution in [0.25, 0.3) is 0 Å². The first-order valence-corrected chi connectivity index (χ1v) is 5.40. The lowest BCUT2D eigenvalue weighted by Gasteiger charge is -2.29. The largest absolute Gasteiger partial charge is 0.299 e. The maximum atomic E-state index is 11.3. The van der Waals surface area contributed by atoms with E-state index in [0.29, 0.717) is 12.2 Å². The number of hydrogen-bond acceptors (Lipinski definition) is 3. The van der Waals surface area contributed by atoms with Crippen molar-refractivity contribution < 1.29 is 4.79 Å². The molecule has 0 radical (unpaired) electrons. The average Bonchev–Trinajstić information content (AvgIpc) is 2.25. The Labute approximate surface area is 114 Å². The van der Waals surface area contributed by atoms with Crippen molar-refractivity contribution in [2.45, 2.75) is 19.9 Å². The summed E-state index contributed by atoms with van der Waals surface area (Å²) >= 11 is 0. The number of Topliss-reactive ketones (excluding diaryl/α,β-unsaturated/α-hetero) is 1. The molecule has 1 aliphatic heterocycles. The molecule has 1 atom stereocenters. The number of piperidine rings is 1. The van der Waals surface area contributed by atoms with Crippen molar-refractivity contribution >= 4 is 30.6 Å². The monoisotopic (exact) mass is 276 g/mol. The van der Waals surface area contributed by atoms with E-state index in [1.807, 2.05) is 31.3 Å². The van der Waals surface area contributed by atoms with Gasteiger partial charge in [-0.3, -0.25) is 14.7 Å². The Hall–Kier alpha value is -0.640. The van der Waals surface area contributed by atoms with Crippen LogP contribution < -0.4 is 0 Å². The van der Waals surface area contributed by atoms with Crippen LogP contribution in [0.5, 0.6) is 0 Å². The SMILES string of the molecule is CC1CN(Cc2ccccn2)CCC1=O.Cl.Cl. The third-order valence-corrected chi connectivity index (χ3v) is 2.87. The molecule has 96 valence electrons. The molecule has 0 bridgehead atoms. The Morgan fingerprint density at radius 1 is 1.41 bits per heavy atom. The molecule has 0 N–H and O–H groups in total. The maximum absolute atomic E-state index is 11.3. The minimum absolute atomic E-state index is 0. The number of ketones is 1. The second kappa shape index (κ2) is 7.64. The summed E-state index contributed by atoms with van der Waals surface area (Å²) in [6, 6.07) is 5.95. The number of carbonyl (C=O) groups excluding carboxylic acids is 1. The van der Waals surface area contributed by atoms with Gasteiger partial charge in [-0.25, -0.2) is 0 Å². The van der Waals surface area contributed by atoms with Gasteiger partial charge >= 0.3 is 0 Å². The molecule has 0 aromatic carbocycles. The molecular weight excluding hydrogens is 259 g/mol. The van der Waals surface area contributed by atoms with Crippen molar-refractivity contribution in [1.29, 1.82) is 0 Å². The molecule has 0 saturated carbocycles. The zero-order valence-corrected chi connectivity index (χ0v) is 11.5. The van der Waals surface area contributed by atoms with Gasteiger partial charge in [0, 0.05) is 38.2 Å². The van der Waals surface area contributed by atoms with Gasteiger partial charge in [-0.1, -0.05) is 13.0 Å². The molecular formula is C12H18Cl2N2O. The quantitative estimate of drug-likeness (QED) is 0.832. The number of halogens is 2. The number of likely N-dealkylation sites (tertiary alicyclic amines) is 1. The number of carbonyl (C=O) groups is 1. The first kappa shape index (κ1) is 16.4. The molecule has 0 aliphatic carbocycles. The zero-order chi connectivity index (χ0) is 10.7. The molecule has 0 spiro atoms. The molecule has 2 rings (SSSR count). The van der Waals surface area contributed by atoms with Crippen LogP contribution in [0, 0.1) is 5.92 Å². The average molecular weight is 277 g/mol. The molecule has 0 amide bonds. The summed E-state index contributed by atoms with van der Waals surface area (Å²) in [6.45, 7) is 4.61. The summed E-state index contributed by atoms with van der Waals surface area (Å²) in [5.41, 5.74) is 1.08. The molecule has 1 saturated heterocycles. The van der Waals surface area contributed by atoms with Crippen LogP contribution in [-0.4, -0.2) is 28.8 Å². The predicted octanol–water partition coefficient (Wildman–Crippen LogP) is 2.34. The normalized spacial score (nSPS) is 20.3. The third-order valence-electron chi connectivity index (χ3n) is 2.87. The highest BCUT2D eigenvalue weighted by atomic mass is 35.5. The summed E-state index contributed by atoms with van der Waals surface area (Å²) in [4.78, 5) is 17.9. The fourth-order valence-electron chi connectivity index (χ4n) is 1.96. The molecule has 5 heteroatoms. The van der Waals surface area contributed by atoms with Gasteiger partial charge in [0.2, 0.25) is 0 Å². The first-order valence-electron chi connectivity index (χ1n) is 5.40. The molecule has 3 nitrogen and oxygen atoms in total. The second-order valence-electron chi connectivity index (χ2n) is 4.17. The van der Waals surface area contributed by atoms with Crippen molar-refractivity contribution in [3.8, 4) is 0 Å². The van der Waals surface area contributed by atoms with Crippen molar-refractivity contribution in [3.63, 3.8) is 0 Å². The van der Waals surface area contributed by atoms with Gasteiger partial charge in [-0.05, 0) is 12.1 Å². The van der Waals surface area contributed by atoms with E-state index < -0.39 is 0 Å². The molecule has 1 aliphatic rings. The summed E-state index contributed by atoms with van der Waals surface area (Å²) in [6.07, 6.45) is 2.50. The van der Waals surface area contributed by atoms with E-state index in [9.17, 15) is 4.79 Å². The van der Waals surface area contributed by atoms with Crippen molar-refractivity contribution in [3.05, 3.63) is 30.1 Å². The number of pyridine rings is 1. The van der Waals surface area contributed by atoms with Crippen molar-refractivity contribution in [2.24, 2.45) is 5.92 Å². The lowest BCUT2D eigenvalue weighted by molar-refractivity contribution is -0.125. The van der Waals surface area contributed by atoms with E-state index in [1.54, 1.807) is 0 Å². The number of aromatic nitrogens is 1. The number of rotatable bonds is 2. The molecule has 1 aromatic heterocycles. The van der Waals surface area contributed by atoms with Crippen LogP contribution in [0.2, 0.25) is 0 Å². The van der Waals surface area contributed by atoms with E-state index in [2.05, 4.69) is 9.88 Å². The standard InChI is InChI=1S/C12H16N2O.2ClH/c1-10-8-14(7-5-12(10)15)9-11-4-2-3-6-13-11;;/h2-4,6,10H,5,7-9H2,1H3;2*1H. The minimum Gasteiger partial charge on any atom is -0.299 e. The van der Waals surface area contributed by atoms with Crippen LogP contribution in [0.1, 0.15) is 19.0 Å². The van der Waals surface area contributed by atoms with Gasteiger partial charge in [0.1, 0.15) is 5.78 Å². The van der Waals surface area contributed by atoms with E-state index in [1.165, 1.54) is 0 Å². The lowest BCUT2D eigenvalue weighted by Crippen LogP contribution is -2.39. The van der Waals surface area contributed by atoms with E-state index in [0.717, 1.165) is 25.3 Å². The first-order chi connectivity index (χ1) is 7.25. The summed E-state index contributed by atoms with van der Waals surface area (Å²) in [7, 11) is 0. The van der Waals surface area contributed by atoms with Gasteiger partial charge < -0.3 is 0 Å². The number of hydrogen-bond donors (Lipinski definition) is 0. The number of nitrogens with zero attached hydrogens (tertiary/aromatic N) is 2. The zero-order valence-electron chi connectivity index (χ0n) is 9.83. The summed E-state index contributed by atoms with van der Waals surface area (Å²) in [5.74, 6) is 0.578. The summed E-state index contributed by atoms with van der Waals surface area (Å²) < 4.78 is 0. The fourth-order valence-corrected chi connectivity index (χ4v) is 1.96. The Bertz CT molecular complexity index is 346. The Balaban J connectivity index is 0.00000128. The molecule has 1 aromatic rings. The van der Waals surface area contributed by atoms with Gasteiger partial charge in [-0.15, -0.1) is 24.8 Å². The van der Waals surface area contributed by atoms with E-state index in [-0.39, 0.29) is 30.7 Å². The topological polar surface area (TPSA) is 33.2 Å². The lowest BCUT2D eigenvalue weighted by atomic mass is 9.98. The Kier molecular flexibility index (Phi) is 7.35. The van der Waals surface area contributed by atoms with Gasteiger partial charge in [0.05, 0.1) is 5.69 Å². The highest BCUT2D eigenvalue weighted by molar-refractivity contribution is 5.85. The fraction of sp³-hybridized carbons (Fsp3) is 0.500. The van der Waals surface area contributed by atoms with E-state index >= 15 is 0 Å². The maximum Gasteiger partial charge on any atom is 0.138 e. The van der Waals surface area contributed by atoms with Crippen LogP contribution >= 0.6 is 24.8 Å². The van der Waals surface area contributed by atoms with Crippen LogP contribution in [0.4, 0.5) is 0 Å². The Morgan fingerprint density at radius 2 is 2.18 bits per heavy atom. The molecule has 2 heterocycles. The molecule has 1 fully saturated rings. The smallest absolute Gasteiger partial charge is 0.138 e. The third kappa shape index (κ3) is 4.62. The van der Waals surface area contributed by atoms with Crippen LogP contribution in [0.15, 0.2) is 24.4 Å². The van der Waals surface area contributed by atoms with Gasteiger partial charge in [0.25, 0.3) is 0 Å². The minimum atomic E-state index is 0. The van der Waals surface area contributed by atoms with E-state index in [4.69, 9.17) is 0 Å². The predicted molar refractivity (Wildman–Crippen MR) is 72.8 cm³/mol. The second-order valence-corrected chi connectivity index (χ2v) is 4.17. The Morgan fingerprint density at radius 3 is 2.76 bits per heavy atom. The molecule has 17 heavy (non-hydrogen) atoms.